The van der Waals surface area contributed by atoms with Gasteiger partial charge in [0.15, 0.2) is 0 Å². The van der Waals surface area contributed by atoms with Gasteiger partial charge < -0.3 is 20.2 Å². The van der Waals surface area contributed by atoms with Crippen molar-refractivity contribution in [2.45, 2.75) is 19.0 Å². The lowest BCUT2D eigenvalue weighted by atomic mass is 10.1. The minimum absolute atomic E-state index is 0.126. The summed E-state index contributed by atoms with van der Waals surface area (Å²) in [4.78, 5) is 13.7. The summed E-state index contributed by atoms with van der Waals surface area (Å²) >= 11 is 0. The molecule has 0 aliphatic rings. The second-order valence-electron chi connectivity index (χ2n) is 4.80. The van der Waals surface area contributed by atoms with E-state index in [1.54, 1.807) is 48.7 Å². The lowest BCUT2D eigenvalue weighted by molar-refractivity contribution is -0.131. The first-order valence-corrected chi connectivity index (χ1v) is 6.36. The molecule has 0 saturated heterocycles. The van der Waals surface area contributed by atoms with Crippen LogP contribution in [0, 0.1) is 0 Å². The molecular weight excluding hydrogens is 256 g/mol. The maximum absolute atomic E-state index is 12.2. The van der Waals surface area contributed by atoms with Crippen molar-refractivity contribution in [1.82, 2.24) is 4.90 Å². The summed E-state index contributed by atoms with van der Waals surface area (Å²) in [6, 6.07) is 7.91. The van der Waals surface area contributed by atoms with Crippen molar-refractivity contribution in [1.29, 1.82) is 0 Å². The minimum atomic E-state index is -0.601. The van der Waals surface area contributed by atoms with E-state index in [2.05, 4.69) is 0 Å². The molecule has 2 rings (SSSR count). The molecule has 1 unspecified atom stereocenters. The highest BCUT2D eigenvalue weighted by Gasteiger charge is 2.18. The number of carbonyl (C=O) groups is 1. The van der Waals surface area contributed by atoms with Gasteiger partial charge in [-0.1, -0.05) is 12.1 Å². The molecule has 1 aromatic carbocycles. The van der Waals surface area contributed by atoms with E-state index in [-0.39, 0.29) is 11.7 Å². The highest BCUT2D eigenvalue weighted by molar-refractivity contribution is 5.81. The Morgan fingerprint density at radius 1 is 1.30 bits per heavy atom. The smallest absolute Gasteiger partial charge is 0.239 e. The van der Waals surface area contributed by atoms with E-state index in [1.165, 1.54) is 0 Å². The third-order valence-corrected chi connectivity index (χ3v) is 3.09. The van der Waals surface area contributed by atoms with Crippen LogP contribution in [0.5, 0.6) is 5.75 Å². The predicted octanol–water partition coefficient (Wildman–Crippen LogP) is 1.51. The maximum atomic E-state index is 12.2. The monoisotopic (exact) mass is 274 g/mol. The molecule has 0 fully saturated rings. The predicted molar refractivity (Wildman–Crippen MR) is 75.0 cm³/mol. The zero-order valence-corrected chi connectivity index (χ0v) is 11.3. The lowest BCUT2D eigenvalue weighted by Crippen LogP contribution is -2.42. The molecule has 0 aliphatic carbocycles. The number of rotatable bonds is 5. The normalized spacial score (nSPS) is 12.1. The van der Waals surface area contributed by atoms with Gasteiger partial charge in [0.1, 0.15) is 5.75 Å². The number of hydrogen-bond donors (Lipinski definition) is 2. The fourth-order valence-electron chi connectivity index (χ4n) is 1.99. The first kappa shape index (κ1) is 14.1. The van der Waals surface area contributed by atoms with Crippen molar-refractivity contribution < 1.29 is 14.3 Å². The number of benzene rings is 1. The molecule has 2 aromatic rings. The van der Waals surface area contributed by atoms with Gasteiger partial charge in [0, 0.05) is 19.2 Å². The van der Waals surface area contributed by atoms with E-state index < -0.39 is 6.04 Å². The number of phenolic OH excluding ortho intramolecular Hbond substituents is 1. The van der Waals surface area contributed by atoms with E-state index in [0.29, 0.717) is 13.0 Å². The fourth-order valence-corrected chi connectivity index (χ4v) is 1.99. The molecule has 5 heteroatoms. The average molecular weight is 274 g/mol. The van der Waals surface area contributed by atoms with Gasteiger partial charge >= 0.3 is 0 Å². The molecule has 1 heterocycles. The molecule has 1 atom stereocenters. The summed E-state index contributed by atoms with van der Waals surface area (Å²) in [5.74, 6) is 0.0741. The molecule has 1 amide bonds. The number of phenols is 1. The van der Waals surface area contributed by atoms with Crippen LogP contribution < -0.4 is 5.73 Å². The Hall–Kier alpha value is -2.27. The van der Waals surface area contributed by atoms with Crippen LogP contribution in [0.2, 0.25) is 0 Å². The molecule has 0 radical (unpaired) electrons. The molecule has 5 nitrogen and oxygen atoms in total. The summed E-state index contributed by atoms with van der Waals surface area (Å²) in [6.45, 7) is 0.471. The topological polar surface area (TPSA) is 79.7 Å². The Morgan fingerprint density at radius 2 is 2.00 bits per heavy atom. The zero-order valence-electron chi connectivity index (χ0n) is 11.3. The van der Waals surface area contributed by atoms with Crippen molar-refractivity contribution in [3.8, 4) is 5.75 Å². The van der Waals surface area contributed by atoms with Crippen LogP contribution in [0.1, 0.15) is 11.1 Å². The van der Waals surface area contributed by atoms with Gasteiger partial charge in [0.2, 0.25) is 5.91 Å². The number of nitrogens with zero attached hydrogens (tertiary/aromatic N) is 1. The fraction of sp³-hybridized carbons (Fsp3) is 0.267. The minimum Gasteiger partial charge on any atom is -0.508 e. The van der Waals surface area contributed by atoms with Crippen molar-refractivity contribution in [2.75, 3.05) is 7.05 Å². The van der Waals surface area contributed by atoms with Gasteiger partial charge in [-0.2, -0.15) is 0 Å². The zero-order chi connectivity index (χ0) is 14.5. The number of furan rings is 1. The quantitative estimate of drug-likeness (QED) is 0.866. The molecule has 0 aliphatic heterocycles. The van der Waals surface area contributed by atoms with E-state index in [0.717, 1.165) is 11.1 Å². The first-order valence-electron chi connectivity index (χ1n) is 6.36. The van der Waals surface area contributed by atoms with Crippen molar-refractivity contribution in [3.63, 3.8) is 0 Å². The van der Waals surface area contributed by atoms with Gasteiger partial charge in [-0.3, -0.25) is 4.79 Å². The van der Waals surface area contributed by atoms with Gasteiger partial charge in [0.25, 0.3) is 0 Å². The van der Waals surface area contributed by atoms with Crippen LogP contribution in [0.4, 0.5) is 0 Å². The number of likely N-dealkylation sites (N-methyl/N-ethyl adjacent to an activating group) is 1. The highest BCUT2D eigenvalue weighted by Crippen LogP contribution is 2.12. The van der Waals surface area contributed by atoms with Crippen LogP contribution in [0.3, 0.4) is 0 Å². The maximum Gasteiger partial charge on any atom is 0.239 e. The number of amides is 1. The third kappa shape index (κ3) is 3.61. The highest BCUT2D eigenvalue weighted by atomic mass is 16.3. The van der Waals surface area contributed by atoms with Gasteiger partial charge in [-0.05, 0) is 30.2 Å². The van der Waals surface area contributed by atoms with Gasteiger partial charge in [-0.25, -0.2) is 0 Å². The number of nitrogens with two attached hydrogens (primary N) is 1. The van der Waals surface area contributed by atoms with Crippen LogP contribution in [0.15, 0.2) is 47.3 Å². The standard InChI is InChI=1S/C15H18N2O3/c1-17(9-12-6-7-20-10-12)15(19)14(16)8-11-2-4-13(18)5-3-11/h2-7,10,14,18H,8-9,16H2,1H3. The summed E-state index contributed by atoms with van der Waals surface area (Å²) in [5, 5.41) is 9.22. The van der Waals surface area contributed by atoms with Crippen molar-refractivity contribution in [3.05, 3.63) is 54.0 Å². The van der Waals surface area contributed by atoms with Crippen molar-refractivity contribution >= 4 is 5.91 Å². The summed E-state index contributed by atoms with van der Waals surface area (Å²) in [6.07, 6.45) is 3.62. The van der Waals surface area contributed by atoms with E-state index >= 15 is 0 Å². The SMILES string of the molecule is CN(Cc1ccoc1)C(=O)C(N)Cc1ccc(O)cc1. The molecule has 0 spiro atoms. The molecule has 1 aromatic heterocycles. The van der Waals surface area contributed by atoms with E-state index in [9.17, 15) is 9.90 Å². The Balaban J connectivity index is 1.92. The number of hydrogen-bond acceptors (Lipinski definition) is 4. The number of aromatic hydroxyl groups is 1. The van der Waals surface area contributed by atoms with Crippen molar-refractivity contribution in [2.24, 2.45) is 5.73 Å². The van der Waals surface area contributed by atoms with Gasteiger partial charge in [0.05, 0.1) is 18.6 Å². The first-order chi connectivity index (χ1) is 9.56. The molecule has 106 valence electrons. The Bertz CT molecular complexity index is 549. The molecule has 0 bridgehead atoms. The number of carbonyl (C=O) groups excluding carboxylic acids is 1. The van der Waals surface area contributed by atoms with Crippen LogP contribution in [0.25, 0.3) is 0 Å². The Morgan fingerprint density at radius 3 is 2.60 bits per heavy atom. The van der Waals surface area contributed by atoms with E-state index in [4.69, 9.17) is 10.2 Å². The van der Waals surface area contributed by atoms with Crippen LogP contribution in [-0.4, -0.2) is 29.0 Å². The van der Waals surface area contributed by atoms with Gasteiger partial charge in [-0.15, -0.1) is 0 Å². The average Bonchev–Trinajstić information content (AvgIpc) is 2.93. The third-order valence-electron chi connectivity index (χ3n) is 3.09. The summed E-state index contributed by atoms with van der Waals surface area (Å²) in [5.41, 5.74) is 7.79. The largest absolute Gasteiger partial charge is 0.508 e. The molecular formula is C15H18N2O3. The van der Waals surface area contributed by atoms with E-state index in [1.807, 2.05) is 6.07 Å². The Kier molecular flexibility index (Phi) is 4.42. The molecule has 0 saturated carbocycles. The molecule has 3 N–H and O–H groups in total. The lowest BCUT2D eigenvalue weighted by Gasteiger charge is -2.20. The Labute approximate surface area is 117 Å². The summed E-state index contributed by atoms with van der Waals surface area (Å²) in [7, 11) is 1.71. The van der Waals surface area contributed by atoms with Crippen LogP contribution in [-0.2, 0) is 17.8 Å². The summed E-state index contributed by atoms with van der Waals surface area (Å²) < 4.78 is 4.97. The molecule has 20 heavy (non-hydrogen) atoms. The second-order valence-corrected chi connectivity index (χ2v) is 4.80. The second kappa shape index (κ2) is 6.25. The van der Waals surface area contributed by atoms with Crippen LogP contribution >= 0.6 is 0 Å².